The first kappa shape index (κ1) is 16.6. The topological polar surface area (TPSA) is 32.7 Å². The molecule has 20 heavy (non-hydrogen) atoms. The molecule has 0 saturated heterocycles. The van der Waals surface area contributed by atoms with E-state index < -0.39 is 8.24 Å². The van der Waals surface area contributed by atoms with Crippen molar-refractivity contribution < 1.29 is 4.79 Å². The Labute approximate surface area is 123 Å². The molecule has 0 unspecified atom stereocenters. The molecule has 0 fully saturated rings. The Kier molecular flexibility index (Phi) is 6.14. The molecule has 0 aliphatic carbocycles. The number of Topliss-reactive ketones (excluding diaryl/α,β-unsaturated/α-hetero) is 1. The van der Waals surface area contributed by atoms with E-state index in [-0.39, 0.29) is 5.78 Å². The van der Waals surface area contributed by atoms with Crippen molar-refractivity contribution in [2.45, 2.75) is 52.9 Å². The third-order valence-electron chi connectivity index (χ3n) is 3.10. The quantitative estimate of drug-likeness (QED) is 0.431. The van der Waals surface area contributed by atoms with E-state index in [2.05, 4.69) is 41.5 Å². The molecule has 0 N–H and O–H groups in total. The molecule has 0 radical (unpaired) electrons. The average molecular weight is 290 g/mol. The van der Waals surface area contributed by atoms with E-state index in [0.29, 0.717) is 12.1 Å². The fourth-order valence-corrected chi connectivity index (χ4v) is 2.93. The number of nitrogens with zero attached hydrogens (tertiary/aromatic N) is 2. The summed E-state index contributed by atoms with van der Waals surface area (Å²) in [6, 6.07) is 10.3. The van der Waals surface area contributed by atoms with Gasteiger partial charge in [0.05, 0.1) is 12.3 Å². The van der Waals surface area contributed by atoms with Crippen LogP contribution in [0.25, 0.3) is 0 Å². The van der Waals surface area contributed by atoms with Gasteiger partial charge in [-0.3, -0.25) is 4.79 Å². The minimum atomic E-state index is -1.61. The normalized spacial score (nSPS) is 12.3. The van der Waals surface area contributed by atoms with Crippen LogP contribution in [-0.2, 0) is 11.3 Å². The number of ketones is 1. The number of hydrazone groups is 1. The van der Waals surface area contributed by atoms with Crippen LogP contribution in [0, 0.1) is 0 Å². The Hall–Kier alpha value is -1.42. The Morgan fingerprint density at radius 2 is 1.80 bits per heavy atom. The zero-order valence-corrected chi connectivity index (χ0v) is 14.3. The summed E-state index contributed by atoms with van der Waals surface area (Å²) in [4.78, 5) is 11.9. The fourth-order valence-electron chi connectivity index (χ4n) is 1.82. The predicted octanol–water partition coefficient (Wildman–Crippen LogP) is 4.07. The fraction of sp³-hybridized carbons (Fsp3) is 0.500. The first-order valence-corrected chi connectivity index (χ1v) is 10.7. The highest BCUT2D eigenvalue weighted by molar-refractivity contribution is 6.73. The van der Waals surface area contributed by atoms with Crippen LogP contribution in [0.3, 0.4) is 0 Å². The van der Waals surface area contributed by atoms with Crippen molar-refractivity contribution in [1.29, 1.82) is 0 Å². The van der Waals surface area contributed by atoms with Gasteiger partial charge in [-0.25, -0.2) is 0 Å². The van der Waals surface area contributed by atoms with E-state index in [0.717, 1.165) is 13.0 Å². The molecule has 0 atom stereocenters. The van der Waals surface area contributed by atoms with Crippen molar-refractivity contribution in [3.05, 3.63) is 35.9 Å². The minimum Gasteiger partial charge on any atom is -0.320 e. The molecule has 1 aromatic carbocycles. The van der Waals surface area contributed by atoms with E-state index in [1.807, 2.05) is 32.0 Å². The number of carbonyl (C=O) groups is 1. The van der Waals surface area contributed by atoms with Crippen LogP contribution < -0.4 is 0 Å². The molecular weight excluding hydrogens is 264 g/mol. The summed E-state index contributed by atoms with van der Waals surface area (Å²) in [6.45, 7) is 11.4. The molecule has 1 rings (SSSR count). The van der Waals surface area contributed by atoms with Crippen LogP contribution in [0.5, 0.6) is 0 Å². The average Bonchev–Trinajstić information content (AvgIpc) is 2.38. The molecule has 0 aliphatic rings. The van der Waals surface area contributed by atoms with E-state index in [1.54, 1.807) is 0 Å². The Morgan fingerprint density at radius 1 is 1.20 bits per heavy atom. The maximum Gasteiger partial charge on any atom is 0.178 e. The van der Waals surface area contributed by atoms with Gasteiger partial charge >= 0.3 is 0 Å². The summed E-state index contributed by atoms with van der Waals surface area (Å²) >= 11 is 0. The van der Waals surface area contributed by atoms with Crippen LogP contribution >= 0.6 is 0 Å². The van der Waals surface area contributed by atoms with Gasteiger partial charge in [-0.15, -0.1) is 0 Å². The first-order chi connectivity index (χ1) is 9.34. The van der Waals surface area contributed by atoms with E-state index in [1.165, 1.54) is 5.56 Å². The lowest BCUT2D eigenvalue weighted by molar-refractivity contribution is -0.113. The molecule has 0 saturated carbocycles. The Morgan fingerprint density at radius 3 is 2.30 bits per heavy atom. The molecule has 0 bridgehead atoms. The molecule has 4 heteroatoms. The molecule has 1 aromatic rings. The first-order valence-electron chi connectivity index (χ1n) is 7.24. The van der Waals surface area contributed by atoms with Crippen molar-refractivity contribution in [3.8, 4) is 0 Å². The zero-order chi connectivity index (χ0) is 15.2. The summed E-state index contributed by atoms with van der Waals surface area (Å²) < 4.78 is 2.13. The van der Waals surface area contributed by atoms with Gasteiger partial charge in [0.1, 0.15) is 0 Å². The summed E-state index contributed by atoms with van der Waals surface area (Å²) in [6.07, 6.45) is 1.46. The van der Waals surface area contributed by atoms with Crippen LogP contribution in [0.15, 0.2) is 35.4 Å². The minimum absolute atomic E-state index is 0.156. The lowest BCUT2D eigenvalue weighted by Crippen LogP contribution is -2.42. The third-order valence-corrected chi connectivity index (χ3v) is 4.91. The van der Waals surface area contributed by atoms with Gasteiger partial charge in [0, 0.05) is 6.42 Å². The van der Waals surface area contributed by atoms with Crippen molar-refractivity contribution in [2.24, 2.45) is 5.10 Å². The van der Waals surface area contributed by atoms with Gasteiger partial charge in [0.2, 0.25) is 0 Å². The number of rotatable bonds is 7. The summed E-state index contributed by atoms with van der Waals surface area (Å²) in [5, 5.41) is 4.62. The molecule has 3 nitrogen and oxygen atoms in total. The van der Waals surface area contributed by atoms with Crippen molar-refractivity contribution >= 4 is 19.7 Å². The summed E-state index contributed by atoms with van der Waals surface area (Å²) in [5.41, 5.74) is 1.86. The number of hydrogen-bond acceptors (Lipinski definition) is 3. The van der Waals surface area contributed by atoms with E-state index in [4.69, 9.17) is 0 Å². The van der Waals surface area contributed by atoms with Gasteiger partial charge in [0.15, 0.2) is 14.0 Å². The van der Waals surface area contributed by atoms with Crippen molar-refractivity contribution in [2.75, 3.05) is 0 Å². The molecule has 0 aromatic heterocycles. The zero-order valence-electron chi connectivity index (χ0n) is 13.3. The van der Waals surface area contributed by atoms with Crippen LogP contribution in [0.4, 0.5) is 0 Å². The monoisotopic (exact) mass is 290 g/mol. The van der Waals surface area contributed by atoms with Gasteiger partial charge in [-0.1, -0.05) is 56.9 Å². The Bertz CT molecular complexity index is 463. The maximum absolute atomic E-state index is 11.9. The molecule has 0 aliphatic heterocycles. The van der Waals surface area contributed by atoms with Crippen molar-refractivity contribution in [1.82, 2.24) is 4.67 Å². The highest BCUT2D eigenvalue weighted by atomic mass is 28.3. The Balaban J connectivity index is 2.91. The molecule has 0 amide bonds. The summed E-state index contributed by atoms with van der Waals surface area (Å²) in [7, 11) is -1.61. The second kappa shape index (κ2) is 7.38. The number of benzene rings is 1. The van der Waals surface area contributed by atoms with Gasteiger partial charge in [-0.05, 0) is 18.9 Å². The molecule has 0 spiro atoms. The highest BCUT2D eigenvalue weighted by Crippen LogP contribution is 2.15. The van der Waals surface area contributed by atoms with E-state index in [9.17, 15) is 4.79 Å². The predicted molar refractivity (Wildman–Crippen MR) is 88.4 cm³/mol. The highest BCUT2D eigenvalue weighted by Gasteiger charge is 2.24. The third kappa shape index (κ3) is 5.29. The lowest BCUT2D eigenvalue weighted by Gasteiger charge is -2.32. The van der Waals surface area contributed by atoms with Gasteiger partial charge < -0.3 is 4.67 Å². The van der Waals surface area contributed by atoms with Crippen LogP contribution in [0.2, 0.25) is 19.6 Å². The van der Waals surface area contributed by atoms with Crippen molar-refractivity contribution in [3.63, 3.8) is 0 Å². The van der Waals surface area contributed by atoms with Crippen LogP contribution in [0.1, 0.15) is 32.3 Å². The smallest absolute Gasteiger partial charge is 0.178 e. The molecule has 110 valence electrons. The SMILES string of the molecule is CCCC(=O)C(C)=NN(Cc1ccccc1)[Si](C)(C)C. The van der Waals surface area contributed by atoms with Gasteiger partial charge in [-0.2, -0.15) is 5.10 Å². The largest absolute Gasteiger partial charge is 0.320 e. The van der Waals surface area contributed by atoms with E-state index >= 15 is 0 Å². The van der Waals surface area contributed by atoms with Gasteiger partial charge in [0.25, 0.3) is 0 Å². The molecular formula is C16H26N2OSi. The maximum atomic E-state index is 11.9. The molecule has 0 heterocycles. The van der Waals surface area contributed by atoms with Crippen LogP contribution in [-0.4, -0.2) is 24.4 Å². The standard InChI is InChI=1S/C16H26N2OSi/c1-6-10-16(19)14(2)17-18(20(3,4)5)13-15-11-8-7-9-12-15/h7-9,11-12H,6,10,13H2,1-5H3. The number of carbonyl (C=O) groups excluding carboxylic acids is 1. The lowest BCUT2D eigenvalue weighted by atomic mass is 10.2. The second-order valence-corrected chi connectivity index (χ2v) is 10.9. The second-order valence-electron chi connectivity index (χ2n) is 6.07. The summed E-state index contributed by atoms with van der Waals surface area (Å²) in [5.74, 6) is 0.156. The number of hydrogen-bond donors (Lipinski definition) is 0.